The zero-order chi connectivity index (χ0) is 26.5. The first-order chi connectivity index (χ1) is 17.5. The second kappa shape index (κ2) is 9.77. The molecule has 2 aromatic heterocycles. The predicted molar refractivity (Wildman–Crippen MR) is 145 cm³/mol. The van der Waals surface area contributed by atoms with Gasteiger partial charge in [-0.25, -0.2) is 17.9 Å². The van der Waals surface area contributed by atoms with Crippen molar-refractivity contribution in [3.63, 3.8) is 0 Å². The molecule has 3 heterocycles. The number of fused-ring (bicyclic) bond motifs is 1. The van der Waals surface area contributed by atoms with E-state index in [1.165, 1.54) is 12.1 Å². The molecule has 1 saturated carbocycles. The van der Waals surface area contributed by atoms with Crippen molar-refractivity contribution >= 4 is 44.7 Å². The number of hydrogen-bond donors (Lipinski definition) is 2. The number of sulfonamides is 1. The monoisotopic (exact) mass is 545 g/mol. The van der Waals surface area contributed by atoms with Crippen molar-refractivity contribution in [3.05, 3.63) is 52.3 Å². The van der Waals surface area contributed by atoms with Crippen LogP contribution in [0.1, 0.15) is 53.8 Å². The van der Waals surface area contributed by atoms with Gasteiger partial charge in [-0.05, 0) is 57.2 Å². The number of carbonyl (C=O) groups is 1. The molecule has 10 nitrogen and oxygen atoms in total. The molecule has 0 unspecified atom stereocenters. The van der Waals surface area contributed by atoms with Crippen LogP contribution in [0.5, 0.6) is 0 Å². The summed E-state index contributed by atoms with van der Waals surface area (Å²) in [6.45, 7) is 5.99. The number of carbonyl (C=O) groups excluding carboxylic acids is 1. The summed E-state index contributed by atoms with van der Waals surface area (Å²) in [7, 11) is -3.59. The smallest absolute Gasteiger partial charge is 0.256 e. The molecule has 2 aliphatic rings. The molecule has 1 aromatic carbocycles. The molecule has 198 valence electrons. The Morgan fingerprint density at radius 3 is 2.68 bits per heavy atom. The highest BCUT2D eigenvalue weighted by Crippen LogP contribution is 2.45. The summed E-state index contributed by atoms with van der Waals surface area (Å²) in [6.07, 6.45) is 5.92. The molecule has 0 spiro atoms. The van der Waals surface area contributed by atoms with Gasteiger partial charge in [0.25, 0.3) is 5.91 Å². The predicted octanol–water partition coefficient (Wildman–Crippen LogP) is 3.21. The third kappa shape index (κ3) is 5.39. The van der Waals surface area contributed by atoms with Crippen LogP contribution in [0.15, 0.2) is 30.5 Å². The fourth-order valence-electron chi connectivity index (χ4n) is 5.13. The Hall–Kier alpha value is -2.89. The van der Waals surface area contributed by atoms with Crippen LogP contribution in [0.3, 0.4) is 0 Å². The van der Waals surface area contributed by atoms with Gasteiger partial charge in [-0.2, -0.15) is 5.10 Å². The molecule has 2 fully saturated rings. The van der Waals surface area contributed by atoms with Crippen LogP contribution in [0.2, 0.25) is 5.02 Å². The number of rotatable bonds is 8. The second-order valence-electron chi connectivity index (χ2n) is 10.1. The molecule has 1 aliphatic heterocycles. The number of nitrogens with zero attached hydrogens (tertiary/aromatic N) is 5. The van der Waals surface area contributed by atoms with Crippen LogP contribution in [0.25, 0.3) is 5.65 Å². The molecule has 3 N–H and O–H groups in total. The number of amides is 1. The van der Waals surface area contributed by atoms with Gasteiger partial charge in [-0.15, -0.1) is 0 Å². The Balaban J connectivity index is 1.52. The van der Waals surface area contributed by atoms with Gasteiger partial charge in [0.05, 0.1) is 29.2 Å². The largest absolute Gasteiger partial charge is 0.355 e. The number of halogens is 1. The number of hydrogen-bond acceptors (Lipinski definition) is 7. The van der Waals surface area contributed by atoms with Gasteiger partial charge < -0.3 is 15.5 Å². The fourth-order valence-corrected chi connectivity index (χ4v) is 5.88. The van der Waals surface area contributed by atoms with Gasteiger partial charge in [-0.1, -0.05) is 11.6 Å². The van der Waals surface area contributed by atoms with Crippen molar-refractivity contribution in [3.8, 4) is 0 Å². The van der Waals surface area contributed by atoms with E-state index in [9.17, 15) is 13.2 Å². The first-order valence-electron chi connectivity index (χ1n) is 12.5. The molecule has 0 bridgehead atoms. The molecule has 2 atom stereocenters. The van der Waals surface area contributed by atoms with Gasteiger partial charge in [0.15, 0.2) is 5.65 Å². The van der Waals surface area contributed by atoms with Crippen molar-refractivity contribution in [2.24, 2.45) is 11.7 Å². The number of anilines is 2. The summed E-state index contributed by atoms with van der Waals surface area (Å²) in [5.41, 5.74) is 9.01. The third-order valence-corrected chi connectivity index (χ3v) is 7.79. The Kier molecular flexibility index (Phi) is 6.80. The summed E-state index contributed by atoms with van der Waals surface area (Å²) >= 11 is 6.21. The lowest BCUT2D eigenvalue weighted by atomic mass is 10.0. The van der Waals surface area contributed by atoms with E-state index in [-0.39, 0.29) is 35.2 Å². The lowest BCUT2D eigenvalue weighted by Crippen LogP contribution is -2.36. The number of aryl methyl sites for hydroxylation is 1. The van der Waals surface area contributed by atoms with Crippen LogP contribution < -0.4 is 15.4 Å². The summed E-state index contributed by atoms with van der Waals surface area (Å²) in [6, 6.07) is 6.40. The average Bonchev–Trinajstić information content (AvgIpc) is 3.44. The van der Waals surface area contributed by atoms with Crippen molar-refractivity contribution in [2.45, 2.75) is 45.2 Å². The fraction of sp³-hybridized carbons (Fsp3) is 0.480. The van der Waals surface area contributed by atoms with E-state index in [4.69, 9.17) is 27.4 Å². The maximum absolute atomic E-state index is 13.9. The van der Waals surface area contributed by atoms with Crippen molar-refractivity contribution < 1.29 is 13.2 Å². The molecule has 0 radical (unpaired) electrons. The highest BCUT2D eigenvalue weighted by molar-refractivity contribution is 7.92. The molecule has 12 heteroatoms. The minimum Gasteiger partial charge on any atom is -0.355 e. The molecule has 3 aromatic rings. The Morgan fingerprint density at radius 1 is 1.30 bits per heavy atom. The first-order valence-corrected chi connectivity index (χ1v) is 14.8. The van der Waals surface area contributed by atoms with Crippen molar-refractivity contribution in [2.75, 3.05) is 35.5 Å². The summed E-state index contributed by atoms with van der Waals surface area (Å²) in [4.78, 5) is 22.7. The van der Waals surface area contributed by atoms with Crippen LogP contribution in [-0.4, -0.2) is 65.8 Å². The Labute approximate surface area is 221 Å². The van der Waals surface area contributed by atoms with Crippen LogP contribution in [0.4, 0.5) is 11.5 Å². The molecular formula is C25H32ClN7O3S. The molecule has 1 saturated heterocycles. The van der Waals surface area contributed by atoms with Crippen LogP contribution >= 0.6 is 11.6 Å². The number of nitrogens with one attached hydrogen (secondary N) is 1. The van der Waals surface area contributed by atoms with E-state index in [1.54, 1.807) is 15.5 Å². The zero-order valence-electron chi connectivity index (χ0n) is 21.2. The molecular weight excluding hydrogens is 514 g/mol. The van der Waals surface area contributed by atoms with Gasteiger partial charge in [0, 0.05) is 48.5 Å². The molecule has 1 aliphatic carbocycles. The van der Waals surface area contributed by atoms with Crippen LogP contribution in [0, 0.1) is 12.8 Å². The van der Waals surface area contributed by atoms with E-state index in [2.05, 4.69) is 9.62 Å². The summed E-state index contributed by atoms with van der Waals surface area (Å²) in [5, 5.41) is 5.19. The normalized spacial score (nSPS) is 18.8. The minimum absolute atomic E-state index is 0.148. The maximum Gasteiger partial charge on any atom is 0.256 e. The van der Waals surface area contributed by atoms with E-state index < -0.39 is 10.0 Å². The van der Waals surface area contributed by atoms with Gasteiger partial charge >= 0.3 is 0 Å². The van der Waals surface area contributed by atoms with E-state index in [1.807, 2.05) is 26.1 Å². The lowest BCUT2D eigenvalue weighted by Gasteiger charge is -2.30. The first kappa shape index (κ1) is 25.7. The maximum atomic E-state index is 13.9. The third-order valence-electron chi connectivity index (χ3n) is 6.96. The van der Waals surface area contributed by atoms with Crippen LogP contribution in [-0.2, 0) is 10.0 Å². The van der Waals surface area contributed by atoms with Crippen molar-refractivity contribution in [1.82, 2.24) is 19.5 Å². The summed E-state index contributed by atoms with van der Waals surface area (Å²) < 4.78 is 28.1. The highest BCUT2D eigenvalue weighted by atomic mass is 35.5. The number of nitrogens with two attached hydrogens (primary N) is 1. The summed E-state index contributed by atoms with van der Waals surface area (Å²) in [5.74, 6) is 0.867. The standard InChI is InChI=1S/C25H32ClN7O3S/c1-4-32(25(34)19-11-17(26)7-8-20(19)30-37(3,35)36)23(16-5-6-16)21-12-22-28-24(15(2)13-33(22)29-21)31-10-9-18(27)14-31/h7-8,11-13,16,18,23,30H,4-6,9-10,14,27H2,1-3H3/t18-,23-/m0/s1. The van der Waals surface area contributed by atoms with E-state index in [0.29, 0.717) is 17.2 Å². The van der Waals surface area contributed by atoms with E-state index in [0.717, 1.165) is 55.7 Å². The Bertz CT molecular complexity index is 1450. The zero-order valence-corrected chi connectivity index (χ0v) is 22.8. The molecule has 5 rings (SSSR count). The molecule has 37 heavy (non-hydrogen) atoms. The highest BCUT2D eigenvalue weighted by Gasteiger charge is 2.40. The van der Waals surface area contributed by atoms with E-state index >= 15 is 0 Å². The minimum atomic E-state index is -3.59. The van der Waals surface area contributed by atoms with Crippen molar-refractivity contribution in [1.29, 1.82) is 0 Å². The quantitative estimate of drug-likeness (QED) is 0.445. The topological polar surface area (TPSA) is 126 Å². The van der Waals surface area contributed by atoms with Gasteiger partial charge in [-0.3, -0.25) is 9.52 Å². The second-order valence-corrected chi connectivity index (χ2v) is 12.2. The average molecular weight is 546 g/mol. The van der Waals surface area contributed by atoms with Gasteiger partial charge in [0.2, 0.25) is 10.0 Å². The Morgan fingerprint density at radius 2 is 2.05 bits per heavy atom. The number of aromatic nitrogens is 3. The number of benzene rings is 1. The SMILES string of the molecule is CCN(C(=O)c1cc(Cl)ccc1NS(C)(=O)=O)[C@H](c1cc2nc(N3CC[C@H](N)C3)c(C)cn2n1)C1CC1. The lowest BCUT2D eigenvalue weighted by molar-refractivity contribution is 0.0661. The van der Waals surface area contributed by atoms with Gasteiger partial charge in [0.1, 0.15) is 5.82 Å². The molecule has 1 amide bonds.